The molecule has 1 N–H and O–H groups in total. The van der Waals surface area contributed by atoms with Crippen LogP contribution in [0, 0.1) is 18.7 Å². The minimum absolute atomic E-state index is 0.123. The Kier molecular flexibility index (Phi) is 5.18. The van der Waals surface area contributed by atoms with Crippen molar-refractivity contribution in [2.75, 3.05) is 6.61 Å². The van der Waals surface area contributed by atoms with Gasteiger partial charge in [-0.1, -0.05) is 0 Å². The summed E-state index contributed by atoms with van der Waals surface area (Å²) in [4.78, 5) is 12.3. The monoisotopic (exact) mass is 345 g/mol. The zero-order chi connectivity index (χ0) is 18.0. The third kappa shape index (κ3) is 4.25. The fourth-order valence-electron chi connectivity index (χ4n) is 2.74. The summed E-state index contributed by atoms with van der Waals surface area (Å²) < 4.78 is 20.4. The van der Waals surface area contributed by atoms with Gasteiger partial charge in [0, 0.05) is 11.3 Å². The van der Waals surface area contributed by atoms with Crippen molar-refractivity contribution in [1.82, 2.24) is 15.1 Å². The molecule has 1 aliphatic rings. The molecular formula is C19H24FN3O2. The van der Waals surface area contributed by atoms with Crippen molar-refractivity contribution in [2.45, 2.75) is 45.8 Å². The highest BCUT2D eigenvalue weighted by molar-refractivity contribution is 5.80. The second-order valence-electron chi connectivity index (χ2n) is 6.72. The van der Waals surface area contributed by atoms with Gasteiger partial charge in [0.1, 0.15) is 11.9 Å². The number of amides is 1. The molecular weight excluding hydrogens is 321 g/mol. The molecule has 1 heterocycles. The summed E-state index contributed by atoms with van der Waals surface area (Å²) >= 11 is 0. The Labute approximate surface area is 147 Å². The zero-order valence-electron chi connectivity index (χ0n) is 14.8. The molecule has 1 saturated carbocycles. The summed E-state index contributed by atoms with van der Waals surface area (Å²) in [5.74, 6) is 0.223. The van der Waals surface area contributed by atoms with Gasteiger partial charge in [-0.2, -0.15) is 5.10 Å². The first-order chi connectivity index (χ1) is 12.0. The number of nitrogens with zero attached hydrogens (tertiary/aromatic N) is 2. The molecule has 0 radical (unpaired) electrons. The van der Waals surface area contributed by atoms with E-state index in [0.717, 1.165) is 16.9 Å². The fraction of sp³-hybridized carbons (Fsp3) is 0.474. The molecule has 3 rings (SSSR count). The largest absolute Gasteiger partial charge is 0.368 e. The highest BCUT2D eigenvalue weighted by Crippen LogP contribution is 2.29. The Hall–Kier alpha value is -2.21. The highest BCUT2D eigenvalue weighted by atomic mass is 19.1. The number of hydrogen-bond acceptors (Lipinski definition) is 3. The smallest absolute Gasteiger partial charge is 0.249 e. The summed E-state index contributed by atoms with van der Waals surface area (Å²) in [7, 11) is 0. The van der Waals surface area contributed by atoms with Crippen molar-refractivity contribution < 1.29 is 13.9 Å². The normalized spacial score (nSPS) is 16.5. The third-order valence-corrected chi connectivity index (χ3v) is 4.59. The first-order valence-electron chi connectivity index (χ1n) is 8.68. The van der Waals surface area contributed by atoms with E-state index in [1.165, 1.54) is 25.0 Å². The molecule has 6 heteroatoms. The van der Waals surface area contributed by atoms with Crippen LogP contribution in [0.3, 0.4) is 0 Å². The van der Waals surface area contributed by atoms with Crippen LogP contribution in [0.4, 0.5) is 4.39 Å². The van der Waals surface area contributed by atoms with Crippen molar-refractivity contribution in [3.63, 3.8) is 0 Å². The molecule has 2 atom stereocenters. The molecule has 5 nitrogen and oxygen atoms in total. The summed E-state index contributed by atoms with van der Waals surface area (Å²) in [5, 5.41) is 7.35. The number of nitrogens with one attached hydrogen (secondary N) is 1. The average molecular weight is 345 g/mol. The Morgan fingerprint density at radius 2 is 2.04 bits per heavy atom. The van der Waals surface area contributed by atoms with Crippen molar-refractivity contribution in [3.8, 4) is 5.69 Å². The maximum atomic E-state index is 13.1. The molecule has 25 heavy (non-hydrogen) atoms. The fourth-order valence-corrected chi connectivity index (χ4v) is 2.74. The molecule has 1 amide bonds. The van der Waals surface area contributed by atoms with Crippen molar-refractivity contribution in [3.05, 3.63) is 47.5 Å². The quantitative estimate of drug-likeness (QED) is 0.837. The molecule has 134 valence electrons. The molecule has 0 bridgehead atoms. The van der Waals surface area contributed by atoms with Crippen molar-refractivity contribution >= 4 is 5.91 Å². The van der Waals surface area contributed by atoms with Crippen LogP contribution >= 0.6 is 0 Å². The highest BCUT2D eigenvalue weighted by Gasteiger charge is 2.25. The van der Waals surface area contributed by atoms with E-state index >= 15 is 0 Å². The van der Waals surface area contributed by atoms with Gasteiger partial charge < -0.3 is 10.1 Å². The SMILES string of the molecule is Cc1c(C(C)NC(=O)C(C)OCC2CC2)cnn1-c1ccc(F)cc1. The van der Waals surface area contributed by atoms with Crippen molar-refractivity contribution in [2.24, 2.45) is 5.92 Å². The lowest BCUT2D eigenvalue weighted by Gasteiger charge is -2.18. The van der Waals surface area contributed by atoms with E-state index in [1.54, 1.807) is 29.9 Å². The van der Waals surface area contributed by atoms with E-state index in [1.807, 2.05) is 13.8 Å². The van der Waals surface area contributed by atoms with Crippen LogP contribution in [0.2, 0.25) is 0 Å². The topological polar surface area (TPSA) is 56.1 Å². The summed E-state index contributed by atoms with van der Waals surface area (Å²) in [6.07, 6.45) is 3.67. The predicted molar refractivity (Wildman–Crippen MR) is 93.0 cm³/mol. The third-order valence-electron chi connectivity index (χ3n) is 4.59. The Bertz CT molecular complexity index is 738. The second-order valence-corrected chi connectivity index (χ2v) is 6.72. The lowest BCUT2D eigenvalue weighted by molar-refractivity contribution is -0.132. The molecule has 0 spiro atoms. The standard InChI is InChI=1S/C19H24FN3O2/c1-12(22-19(24)14(3)25-11-15-4-5-15)18-10-21-23(13(18)2)17-8-6-16(20)7-9-17/h6-10,12,14-15H,4-5,11H2,1-3H3,(H,22,24). The van der Waals surface area contributed by atoms with Gasteiger partial charge in [0.25, 0.3) is 0 Å². The van der Waals surface area contributed by atoms with Gasteiger partial charge in [-0.25, -0.2) is 9.07 Å². The van der Waals surface area contributed by atoms with Gasteiger partial charge >= 0.3 is 0 Å². The number of hydrogen-bond donors (Lipinski definition) is 1. The van der Waals surface area contributed by atoms with Gasteiger partial charge in [0.05, 0.1) is 24.5 Å². The summed E-state index contributed by atoms with van der Waals surface area (Å²) in [6.45, 7) is 6.29. The molecule has 1 aromatic carbocycles. The van der Waals surface area contributed by atoms with Crippen LogP contribution < -0.4 is 5.32 Å². The van der Waals surface area contributed by atoms with Crippen LogP contribution in [0.25, 0.3) is 5.69 Å². The van der Waals surface area contributed by atoms with Gasteiger partial charge in [-0.15, -0.1) is 0 Å². The Morgan fingerprint density at radius 1 is 1.36 bits per heavy atom. The van der Waals surface area contributed by atoms with Crippen molar-refractivity contribution in [1.29, 1.82) is 0 Å². The number of benzene rings is 1. The number of carbonyl (C=O) groups is 1. The van der Waals surface area contributed by atoms with E-state index < -0.39 is 6.10 Å². The Morgan fingerprint density at radius 3 is 2.68 bits per heavy atom. The van der Waals surface area contributed by atoms with Gasteiger partial charge in [-0.3, -0.25) is 4.79 Å². The summed E-state index contributed by atoms with van der Waals surface area (Å²) in [5.41, 5.74) is 2.61. The van der Waals surface area contributed by atoms with E-state index in [-0.39, 0.29) is 17.8 Å². The van der Waals surface area contributed by atoms with E-state index in [2.05, 4.69) is 10.4 Å². The minimum atomic E-state index is -0.463. The van der Waals surface area contributed by atoms with Crippen LogP contribution in [-0.2, 0) is 9.53 Å². The van der Waals surface area contributed by atoms with Crippen LogP contribution in [0.1, 0.15) is 44.0 Å². The molecule has 2 unspecified atom stereocenters. The molecule has 1 fully saturated rings. The van der Waals surface area contributed by atoms with Gasteiger partial charge in [-0.05, 0) is 63.8 Å². The number of ether oxygens (including phenoxy) is 1. The Balaban J connectivity index is 1.64. The lowest BCUT2D eigenvalue weighted by Crippen LogP contribution is -2.36. The number of halogens is 1. The predicted octanol–water partition coefficient (Wildman–Crippen LogP) is 3.31. The maximum Gasteiger partial charge on any atom is 0.249 e. The van der Waals surface area contributed by atoms with Gasteiger partial charge in [0.2, 0.25) is 5.91 Å². The van der Waals surface area contributed by atoms with Gasteiger partial charge in [0.15, 0.2) is 0 Å². The number of carbonyl (C=O) groups excluding carboxylic acids is 1. The van der Waals surface area contributed by atoms with E-state index in [9.17, 15) is 9.18 Å². The van der Waals surface area contributed by atoms with Crippen LogP contribution in [-0.4, -0.2) is 28.4 Å². The molecule has 1 aromatic heterocycles. The average Bonchev–Trinajstić information content (AvgIpc) is 3.34. The maximum absolute atomic E-state index is 13.1. The number of rotatable bonds is 7. The molecule has 0 saturated heterocycles. The first kappa shape index (κ1) is 17.6. The zero-order valence-corrected chi connectivity index (χ0v) is 14.8. The van der Waals surface area contributed by atoms with E-state index in [4.69, 9.17) is 4.74 Å². The molecule has 2 aromatic rings. The molecule has 0 aliphatic heterocycles. The van der Waals surface area contributed by atoms with Crippen LogP contribution in [0.15, 0.2) is 30.5 Å². The minimum Gasteiger partial charge on any atom is -0.368 e. The van der Waals surface area contributed by atoms with E-state index in [0.29, 0.717) is 12.5 Å². The molecule has 1 aliphatic carbocycles. The second kappa shape index (κ2) is 7.35. The first-order valence-corrected chi connectivity index (χ1v) is 8.68. The summed E-state index contributed by atoms with van der Waals surface area (Å²) in [6, 6.07) is 5.97. The number of aromatic nitrogens is 2. The van der Waals surface area contributed by atoms with Crippen LogP contribution in [0.5, 0.6) is 0 Å². The lowest BCUT2D eigenvalue weighted by atomic mass is 10.1.